The van der Waals surface area contributed by atoms with Gasteiger partial charge in [-0.1, -0.05) is 57.3 Å². The van der Waals surface area contributed by atoms with Gasteiger partial charge in [-0.3, -0.25) is 0 Å². The Labute approximate surface area is 203 Å². The number of hydrogen-bond donors (Lipinski definition) is 0. The Balaban J connectivity index is 1.12. The Morgan fingerprint density at radius 2 is 1.03 bits per heavy atom. The standard InChI is InChI=1S/C31H50F2/c1-2-3-4-5-23-8-13-26(14-9-23)28-17-19-29(20-18-28)27-15-10-24(11-16-27)6-7-25-12-21-30(32)31(33)22-25/h23-31H,2-5,8-22H2,1H3. The molecule has 0 amide bonds. The van der Waals surface area contributed by atoms with Crippen molar-refractivity contribution in [1.82, 2.24) is 0 Å². The van der Waals surface area contributed by atoms with Crippen LogP contribution in [-0.2, 0) is 0 Å². The summed E-state index contributed by atoms with van der Waals surface area (Å²) in [7, 11) is 0. The second-order valence-electron chi connectivity index (χ2n) is 12.4. The molecule has 188 valence electrons. The summed E-state index contributed by atoms with van der Waals surface area (Å²) >= 11 is 0. The number of hydrogen-bond acceptors (Lipinski definition) is 0. The zero-order chi connectivity index (χ0) is 23.0. The summed E-state index contributed by atoms with van der Waals surface area (Å²) in [5, 5.41) is 0. The summed E-state index contributed by atoms with van der Waals surface area (Å²) in [6, 6.07) is 0. The van der Waals surface area contributed by atoms with Gasteiger partial charge >= 0.3 is 0 Å². The summed E-state index contributed by atoms with van der Waals surface area (Å²) in [5.74, 6) is 12.4. The fraction of sp³-hybridized carbons (Fsp3) is 0.935. The van der Waals surface area contributed by atoms with Crippen LogP contribution in [0.15, 0.2) is 0 Å². The van der Waals surface area contributed by atoms with Crippen molar-refractivity contribution in [3.8, 4) is 11.8 Å². The summed E-state index contributed by atoms with van der Waals surface area (Å²) < 4.78 is 27.0. The van der Waals surface area contributed by atoms with Gasteiger partial charge in [0.2, 0.25) is 0 Å². The van der Waals surface area contributed by atoms with Gasteiger partial charge in [-0.2, -0.15) is 0 Å². The minimum Gasteiger partial charge on any atom is -0.244 e. The predicted octanol–water partition coefficient (Wildman–Crippen LogP) is 9.47. The second kappa shape index (κ2) is 12.9. The van der Waals surface area contributed by atoms with Gasteiger partial charge in [0.05, 0.1) is 0 Å². The Morgan fingerprint density at radius 1 is 0.545 bits per heavy atom. The second-order valence-corrected chi connectivity index (χ2v) is 12.4. The number of unbranched alkanes of at least 4 members (excludes halogenated alkanes) is 2. The molecule has 0 aromatic rings. The first-order valence-electron chi connectivity index (χ1n) is 14.9. The molecule has 0 heterocycles. The predicted molar refractivity (Wildman–Crippen MR) is 135 cm³/mol. The lowest BCUT2D eigenvalue weighted by Gasteiger charge is -2.41. The minimum absolute atomic E-state index is 0.0893. The van der Waals surface area contributed by atoms with Crippen molar-refractivity contribution in [2.24, 2.45) is 41.4 Å². The normalized spacial score (nSPS) is 42.3. The van der Waals surface area contributed by atoms with E-state index in [2.05, 4.69) is 18.8 Å². The topological polar surface area (TPSA) is 0 Å². The number of rotatable bonds is 6. The molecular weight excluding hydrogens is 410 g/mol. The zero-order valence-corrected chi connectivity index (χ0v) is 21.4. The van der Waals surface area contributed by atoms with E-state index in [4.69, 9.17) is 0 Å². The van der Waals surface area contributed by atoms with E-state index in [1.54, 1.807) is 0 Å². The molecule has 4 aliphatic rings. The van der Waals surface area contributed by atoms with Gasteiger partial charge in [-0.25, -0.2) is 8.78 Å². The number of halogens is 2. The Kier molecular flexibility index (Phi) is 10.00. The molecule has 3 atom stereocenters. The van der Waals surface area contributed by atoms with E-state index in [-0.39, 0.29) is 5.92 Å². The largest absolute Gasteiger partial charge is 0.244 e. The van der Waals surface area contributed by atoms with Gasteiger partial charge in [-0.15, -0.1) is 0 Å². The smallest absolute Gasteiger partial charge is 0.132 e. The molecule has 0 aromatic heterocycles. The van der Waals surface area contributed by atoms with Gasteiger partial charge in [-0.05, 0) is 113 Å². The Bertz CT molecular complexity index is 609. The maximum absolute atomic E-state index is 13.6. The van der Waals surface area contributed by atoms with Crippen LogP contribution in [0.2, 0.25) is 0 Å². The maximum atomic E-state index is 13.6. The SMILES string of the molecule is CCCCCC1CCC(C2CCC(C3CCC(C#CC4CCC(F)C(F)C4)CC3)CC2)CC1. The third-order valence-corrected chi connectivity index (χ3v) is 10.2. The molecule has 0 N–H and O–H groups in total. The van der Waals surface area contributed by atoms with Crippen LogP contribution in [0.1, 0.15) is 129 Å². The third-order valence-electron chi connectivity index (χ3n) is 10.2. The molecule has 0 aliphatic heterocycles. The molecule has 0 aromatic carbocycles. The Morgan fingerprint density at radius 3 is 1.58 bits per heavy atom. The highest BCUT2D eigenvalue weighted by molar-refractivity contribution is 5.10. The quantitative estimate of drug-likeness (QED) is 0.273. The summed E-state index contributed by atoms with van der Waals surface area (Å²) in [4.78, 5) is 0. The van der Waals surface area contributed by atoms with Crippen LogP contribution in [0.5, 0.6) is 0 Å². The highest BCUT2D eigenvalue weighted by Crippen LogP contribution is 2.46. The molecule has 3 unspecified atom stereocenters. The average Bonchev–Trinajstić information content (AvgIpc) is 2.86. The lowest BCUT2D eigenvalue weighted by molar-refractivity contribution is 0.103. The summed E-state index contributed by atoms with van der Waals surface area (Å²) in [5.41, 5.74) is 0. The van der Waals surface area contributed by atoms with Crippen molar-refractivity contribution in [1.29, 1.82) is 0 Å². The third kappa shape index (κ3) is 7.45. The van der Waals surface area contributed by atoms with Gasteiger partial charge in [0.15, 0.2) is 0 Å². The van der Waals surface area contributed by atoms with E-state index in [0.29, 0.717) is 18.8 Å². The average molecular weight is 461 g/mol. The Hall–Kier alpha value is -0.580. The van der Waals surface area contributed by atoms with Crippen LogP contribution >= 0.6 is 0 Å². The van der Waals surface area contributed by atoms with Crippen LogP contribution in [-0.4, -0.2) is 12.3 Å². The first-order chi connectivity index (χ1) is 16.1. The monoisotopic (exact) mass is 460 g/mol. The molecule has 4 aliphatic carbocycles. The molecular formula is C31H50F2. The van der Waals surface area contributed by atoms with Crippen molar-refractivity contribution in [2.45, 2.75) is 141 Å². The molecule has 4 saturated carbocycles. The van der Waals surface area contributed by atoms with Gasteiger partial charge < -0.3 is 0 Å². The lowest BCUT2D eigenvalue weighted by atomic mass is 9.65. The van der Waals surface area contributed by atoms with Crippen molar-refractivity contribution in [3.05, 3.63) is 0 Å². The molecule has 0 radical (unpaired) electrons. The van der Waals surface area contributed by atoms with E-state index >= 15 is 0 Å². The van der Waals surface area contributed by atoms with Crippen LogP contribution < -0.4 is 0 Å². The van der Waals surface area contributed by atoms with E-state index in [1.807, 2.05) is 0 Å². The molecule has 0 spiro atoms. The number of alkyl halides is 2. The van der Waals surface area contributed by atoms with Crippen LogP contribution in [0, 0.1) is 53.3 Å². The molecule has 0 saturated heterocycles. The van der Waals surface area contributed by atoms with Crippen molar-refractivity contribution >= 4 is 0 Å². The van der Waals surface area contributed by atoms with Crippen LogP contribution in [0.3, 0.4) is 0 Å². The van der Waals surface area contributed by atoms with Gasteiger partial charge in [0.25, 0.3) is 0 Å². The molecule has 33 heavy (non-hydrogen) atoms. The van der Waals surface area contributed by atoms with Crippen LogP contribution in [0.25, 0.3) is 0 Å². The first kappa shape index (κ1) is 25.5. The molecule has 2 heteroatoms. The fourth-order valence-corrected chi connectivity index (χ4v) is 7.90. The van der Waals surface area contributed by atoms with E-state index < -0.39 is 12.3 Å². The van der Waals surface area contributed by atoms with Crippen molar-refractivity contribution in [3.63, 3.8) is 0 Å². The summed E-state index contributed by atoms with van der Waals surface area (Å²) in [6.07, 6.45) is 21.8. The molecule has 4 fully saturated rings. The molecule has 4 rings (SSSR count). The van der Waals surface area contributed by atoms with Crippen molar-refractivity contribution < 1.29 is 8.78 Å². The fourth-order valence-electron chi connectivity index (χ4n) is 7.90. The lowest BCUT2D eigenvalue weighted by Crippen LogP contribution is -2.29. The van der Waals surface area contributed by atoms with E-state index in [1.165, 1.54) is 103 Å². The molecule has 0 nitrogen and oxygen atoms in total. The summed E-state index contributed by atoms with van der Waals surface area (Å²) in [6.45, 7) is 2.32. The highest BCUT2D eigenvalue weighted by atomic mass is 19.2. The maximum Gasteiger partial charge on any atom is 0.132 e. The minimum atomic E-state index is -1.29. The van der Waals surface area contributed by atoms with E-state index in [9.17, 15) is 8.78 Å². The van der Waals surface area contributed by atoms with E-state index in [0.717, 1.165) is 36.0 Å². The molecule has 0 bridgehead atoms. The first-order valence-corrected chi connectivity index (χ1v) is 14.9. The van der Waals surface area contributed by atoms with Crippen LogP contribution in [0.4, 0.5) is 8.78 Å². The zero-order valence-electron chi connectivity index (χ0n) is 21.4. The van der Waals surface area contributed by atoms with Gasteiger partial charge in [0, 0.05) is 11.8 Å². The van der Waals surface area contributed by atoms with Gasteiger partial charge in [0.1, 0.15) is 12.3 Å². The van der Waals surface area contributed by atoms with Crippen molar-refractivity contribution in [2.75, 3.05) is 0 Å². The highest BCUT2D eigenvalue weighted by Gasteiger charge is 2.34.